The van der Waals surface area contributed by atoms with Crippen molar-refractivity contribution in [1.29, 1.82) is 0 Å². The first kappa shape index (κ1) is 48.7. The van der Waals surface area contributed by atoms with Crippen LogP contribution < -0.4 is 5.32 Å². The number of rotatable bonds is 35. The van der Waals surface area contributed by atoms with Gasteiger partial charge < -0.3 is 40.3 Å². The number of allylic oxidation sites excluding steroid dienone is 4. The second kappa shape index (κ2) is 34.2. The monoisotopic (exact) mass is 740 g/mol. The molecule has 0 aromatic carbocycles. The minimum atomic E-state index is -1.55. The van der Waals surface area contributed by atoms with E-state index in [2.05, 4.69) is 43.5 Å². The first-order chi connectivity index (χ1) is 25.3. The van der Waals surface area contributed by atoms with Crippen LogP contribution in [0.15, 0.2) is 24.3 Å². The molecule has 1 saturated heterocycles. The van der Waals surface area contributed by atoms with Crippen LogP contribution >= 0.6 is 0 Å². The van der Waals surface area contributed by atoms with E-state index in [-0.39, 0.29) is 12.5 Å². The zero-order valence-electron chi connectivity index (χ0n) is 33.3. The Morgan fingerprint density at radius 3 is 1.69 bits per heavy atom. The zero-order valence-corrected chi connectivity index (χ0v) is 33.3. The van der Waals surface area contributed by atoms with Crippen molar-refractivity contribution >= 4 is 5.91 Å². The third-order valence-corrected chi connectivity index (χ3v) is 10.3. The number of ether oxygens (including phenoxy) is 2. The number of amides is 1. The molecule has 1 rings (SSSR count). The van der Waals surface area contributed by atoms with Gasteiger partial charge in [-0.3, -0.25) is 4.79 Å². The van der Waals surface area contributed by atoms with Crippen LogP contribution in [0.1, 0.15) is 187 Å². The standard InChI is InChI=1S/C43H81NO8/c1-3-5-7-9-11-13-15-17-19-21-23-25-27-29-31-33-39(47)44-36(35-51-43-42(50)41(49)40(48)38(34-45)52-43)37(46)32-30-28-26-24-22-20-18-16-14-12-10-8-6-4-2/h11,13,17,19,36-38,40-43,45-46,48-50H,3-10,12,14-16,18,20-35H2,1-2H3,(H,44,47)/b13-11+,19-17+/t36-,37+,38-,40-,41?,42?,43-/m0/s1. The smallest absolute Gasteiger partial charge is 0.220 e. The lowest BCUT2D eigenvalue weighted by molar-refractivity contribution is -0.302. The highest BCUT2D eigenvalue weighted by Crippen LogP contribution is 2.23. The minimum Gasteiger partial charge on any atom is -0.394 e. The number of hydrogen-bond donors (Lipinski definition) is 6. The van der Waals surface area contributed by atoms with Crippen LogP contribution in [0.25, 0.3) is 0 Å². The van der Waals surface area contributed by atoms with Gasteiger partial charge in [0.05, 0.1) is 25.4 Å². The van der Waals surface area contributed by atoms with Gasteiger partial charge in [0.25, 0.3) is 0 Å². The Hall–Kier alpha value is -1.33. The average molecular weight is 740 g/mol. The summed E-state index contributed by atoms with van der Waals surface area (Å²) >= 11 is 0. The van der Waals surface area contributed by atoms with Gasteiger partial charge in [0, 0.05) is 6.42 Å². The van der Waals surface area contributed by atoms with Crippen LogP contribution in [0, 0.1) is 0 Å². The SMILES string of the molecule is CCCCC/C=C/C/C=C/CCCCCCCC(=O)N[C@@H](CO[C@H]1O[C@@H](CO)[C@H](O)C(O)C1O)[C@H](O)CCCCCCCCCCCCCCCC. The number of carbonyl (C=O) groups excluding carboxylic acids is 1. The second-order valence-electron chi connectivity index (χ2n) is 15.1. The summed E-state index contributed by atoms with van der Waals surface area (Å²) in [5.74, 6) is -0.159. The molecule has 306 valence electrons. The lowest BCUT2D eigenvalue weighted by Crippen LogP contribution is -2.60. The van der Waals surface area contributed by atoms with Crippen molar-refractivity contribution in [3.8, 4) is 0 Å². The Morgan fingerprint density at radius 1 is 0.654 bits per heavy atom. The lowest BCUT2D eigenvalue weighted by atomic mass is 9.99. The first-order valence-electron chi connectivity index (χ1n) is 21.5. The summed E-state index contributed by atoms with van der Waals surface area (Å²) in [5, 5.41) is 54.2. The van der Waals surface area contributed by atoms with Crippen LogP contribution in [-0.4, -0.2) is 87.5 Å². The van der Waals surface area contributed by atoms with Crippen molar-refractivity contribution in [1.82, 2.24) is 5.32 Å². The minimum absolute atomic E-state index is 0.142. The highest BCUT2D eigenvalue weighted by molar-refractivity contribution is 5.76. The van der Waals surface area contributed by atoms with E-state index >= 15 is 0 Å². The van der Waals surface area contributed by atoms with Crippen LogP contribution in [0.3, 0.4) is 0 Å². The van der Waals surface area contributed by atoms with Crippen LogP contribution in [0.5, 0.6) is 0 Å². The molecule has 6 N–H and O–H groups in total. The summed E-state index contributed by atoms with van der Waals surface area (Å²) in [6.07, 6.45) is 31.7. The summed E-state index contributed by atoms with van der Waals surface area (Å²) in [6.45, 7) is 3.78. The number of nitrogens with one attached hydrogen (secondary N) is 1. The van der Waals surface area contributed by atoms with Gasteiger partial charge in [-0.2, -0.15) is 0 Å². The van der Waals surface area contributed by atoms with E-state index in [9.17, 15) is 30.3 Å². The Bertz CT molecular complexity index is 868. The zero-order chi connectivity index (χ0) is 38.1. The van der Waals surface area contributed by atoms with E-state index in [1.54, 1.807) is 0 Å². The van der Waals surface area contributed by atoms with Crippen LogP contribution in [0.4, 0.5) is 0 Å². The van der Waals surface area contributed by atoms with Gasteiger partial charge >= 0.3 is 0 Å². The lowest BCUT2D eigenvalue weighted by Gasteiger charge is -2.40. The summed E-state index contributed by atoms with van der Waals surface area (Å²) in [5.41, 5.74) is 0. The maximum atomic E-state index is 12.9. The molecule has 1 heterocycles. The maximum absolute atomic E-state index is 12.9. The van der Waals surface area contributed by atoms with E-state index in [0.717, 1.165) is 64.2 Å². The molecule has 0 spiro atoms. The number of aliphatic hydroxyl groups is 5. The van der Waals surface area contributed by atoms with E-state index in [1.807, 2.05) is 0 Å². The molecule has 7 atom stereocenters. The van der Waals surface area contributed by atoms with E-state index < -0.39 is 49.5 Å². The van der Waals surface area contributed by atoms with Gasteiger partial charge in [0.1, 0.15) is 24.4 Å². The Morgan fingerprint density at radius 2 is 1.13 bits per heavy atom. The molecule has 0 saturated carbocycles. The molecule has 0 radical (unpaired) electrons. The fourth-order valence-electron chi connectivity index (χ4n) is 6.78. The van der Waals surface area contributed by atoms with Crippen molar-refractivity contribution in [3.63, 3.8) is 0 Å². The normalized spacial score (nSPS) is 22.0. The fourth-order valence-corrected chi connectivity index (χ4v) is 6.78. The molecule has 9 heteroatoms. The molecule has 0 aliphatic carbocycles. The van der Waals surface area contributed by atoms with Gasteiger partial charge in [0.15, 0.2) is 6.29 Å². The summed E-state index contributed by atoms with van der Waals surface area (Å²) in [6, 6.07) is -0.722. The quantitative estimate of drug-likeness (QED) is 0.0281. The molecule has 0 bridgehead atoms. The molecular formula is C43H81NO8. The summed E-state index contributed by atoms with van der Waals surface area (Å²) in [4.78, 5) is 12.9. The number of aliphatic hydroxyl groups excluding tert-OH is 5. The topological polar surface area (TPSA) is 149 Å². The number of carbonyl (C=O) groups is 1. The Balaban J connectivity index is 2.38. The molecule has 9 nitrogen and oxygen atoms in total. The second-order valence-corrected chi connectivity index (χ2v) is 15.1. The number of unbranched alkanes of at least 4 members (excludes halogenated alkanes) is 21. The highest BCUT2D eigenvalue weighted by atomic mass is 16.7. The predicted molar refractivity (Wildman–Crippen MR) is 212 cm³/mol. The molecule has 1 aliphatic heterocycles. The molecule has 1 amide bonds. The summed E-state index contributed by atoms with van der Waals surface area (Å²) in [7, 11) is 0. The molecule has 0 aromatic heterocycles. The Labute approximate surface area is 318 Å². The first-order valence-corrected chi connectivity index (χ1v) is 21.5. The van der Waals surface area contributed by atoms with Crippen molar-refractivity contribution in [2.75, 3.05) is 13.2 Å². The largest absolute Gasteiger partial charge is 0.394 e. The molecular weight excluding hydrogens is 658 g/mol. The number of hydrogen-bond acceptors (Lipinski definition) is 8. The van der Waals surface area contributed by atoms with Crippen LogP contribution in [-0.2, 0) is 14.3 Å². The van der Waals surface area contributed by atoms with Gasteiger partial charge in [-0.05, 0) is 44.9 Å². The van der Waals surface area contributed by atoms with Crippen molar-refractivity contribution in [2.24, 2.45) is 0 Å². The van der Waals surface area contributed by atoms with Crippen molar-refractivity contribution in [2.45, 2.75) is 230 Å². The summed E-state index contributed by atoms with van der Waals surface area (Å²) < 4.78 is 11.2. The van der Waals surface area contributed by atoms with Gasteiger partial charge in [0.2, 0.25) is 5.91 Å². The third kappa shape index (κ3) is 24.9. The van der Waals surface area contributed by atoms with Gasteiger partial charge in [-0.25, -0.2) is 0 Å². The predicted octanol–water partition coefficient (Wildman–Crippen LogP) is 8.33. The van der Waals surface area contributed by atoms with Crippen LogP contribution in [0.2, 0.25) is 0 Å². The molecule has 1 fully saturated rings. The third-order valence-electron chi connectivity index (χ3n) is 10.3. The Kier molecular flexibility index (Phi) is 32.0. The van der Waals surface area contributed by atoms with E-state index in [4.69, 9.17) is 9.47 Å². The average Bonchev–Trinajstić information content (AvgIpc) is 3.14. The van der Waals surface area contributed by atoms with Crippen molar-refractivity contribution < 1.29 is 39.8 Å². The van der Waals surface area contributed by atoms with Gasteiger partial charge in [-0.15, -0.1) is 0 Å². The van der Waals surface area contributed by atoms with E-state index in [0.29, 0.717) is 12.8 Å². The maximum Gasteiger partial charge on any atom is 0.220 e. The van der Waals surface area contributed by atoms with Crippen molar-refractivity contribution in [3.05, 3.63) is 24.3 Å². The van der Waals surface area contributed by atoms with Gasteiger partial charge in [-0.1, -0.05) is 160 Å². The molecule has 1 aliphatic rings. The fraction of sp³-hybridized carbons (Fsp3) is 0.884. The highest BCUT2D eigenvalue weighted by Gasteiger charge is 2.44. The molecule has 52 heavy (non-hydrogen) atoms. The van der Waals surface area contributed by atoms with E-state index in [1.165, 1.54) is 96.3 Å². The molecule has 2 unspecified atom stereocenters. The molecule has 0 aromatic rings.